The molecule has 0 saturated carbocycles. The van der Waals surface area contributed by atoms with E-state index in [4.69, 9.17) is 0 Å². The number of benzene rings is 6. The molecule has 0 atom stereocenters. The van der Waals surface area contributed by atoms with E-state index in [1.807, 2.05) is 86.6 Å². The Morgan fingerprint density at radius 1 is 0.372 bits per heavy atom. The van der Waals surface area contributed by atoms with E-state index in [9.17, 15) is 10.2 Å². The highest BCUT2D eigenvalue weighted by Gasteiger charge is 2.43. The first-order valence-electron chi connectivity index (χ1n) is 14.7. The van der Waals surface area contributed by atoms with Gasteiger partial charge in [-0.3, -0.25) is 0 Å². The first kappa shape index (κ1) is 28.1. The number of hydrogen-bond donors (Lipinski definition) is 2. The first-order chi connectivity index (χ1) is 20.9. The van der Waals surface area contributed by atoms with E-state index in [1.54, 1.807) is 0 Å². The summed E-state index contributed by atoms with van der Waals surface area (Å²) >= 11 is 0. The van der Waals surface area contributed by atoms with Gasteiger partial charge >= 0.3 is 0 Å². The van der Waals surface area contributed by atoms with E-state index < -0.39 is 5.41 Å². The number of hydrogen-bond acceptors (Lipinski definition) is 2. The summed E-state index contributed by atoms with van der Waals surface area (Å²) in [4.78, 5) is 0. The zero-order valence-corrected chi connectivity index (χ0v) is 25.1. The zero-order chi connectivity index (χ0) is 30.1. The van der Waals surface area contributed by atoms with Gasteiger partial charge in [-0.15, -0.1) is 0 Å². The third-order valence-electron chi connectivity index (χ3n) is 8.95. The Hall–Kier alpha value is -5.08. The van der Waals surface area contributed by atoms with Gasteiger partial charge in [-0.2, -0.15) is 0 Å². The van der Waals surface area contributed by atoms with Crippen molar-refractivity contribution in [3.63, 3.8) is 0 Å². The van der Waals surface area contributed by atoms with Crippen LogP contribution in [0.25, 0.3) is 22.3 Å². The Bertz CT molecular complexity index is 1780. The second-order valence-electron chi connectivity index (χ2n) is 11.4. The van der Waals surface area contributed by atoms with Crippen LogP contribution in [-0.2, 0) is 5.41 Å². The van der Waals surface area contributed by atoms with Crippen molar-refractivity contribution < 1.29 is 10.2 Å². The molecule has 0 bridgehead atoms. The van der Waals surface area contributed by atoms with Crippen molar-refractivity contribution in [2.75, 3.05) is 0 Å². The van der Waals surface area contributed by atoms with Crippen LogP contribution < -0.4 is 0 Å². The third kappa shape index (κ3) is 4.60. The average molecular weight is 561 g/mol. The standard InChI is InChI=1S/C41H36O2/c1-27-15-11-13-21-33(27)35-23-25-37(39(42)29(35)3)41(31-17-7-5-8-18-31,32-19-9-6-10-20-32)38-26-24-36(30(4)40(38)43)34-22-14-12-16-28(34)2/h5-26,42-43H,1-4H3. The summed E-state index contributed by atoms with van der Waals surface area (Å²) in [5, 5.41) is 24.4. The molecule has 2 heteroatoms. The molecule has 0 aromatic heterocycles. The molecule has 2 nitrogen and oxygen atoms in total. The zero-order valence-electron chi connectivity index (χ0n) is 25.1. The highest BCUT2D eigenvalue weighted by atomic mass is 16.3. The second-order valence-corrected chi connectivity index (χ2v) is 11.4. The normalized spacial score (nSPS) is 11.4. The fraction of sp³-hybridized carbons (Fsp3) is 0.122. The topological polar surface area (TPSA) is 40.5 Å². The van der Waals surface area contributed by atoms with Gasteiger partial charge in [0.15, 0.2) is 0 Å². The van der Waals surface area contributed by atoms with Gasteiger partial charge in [0.1, 0.15) is 11.5 Å². The Balaban J connectivity index is 1.71. The second kappa shape index (κ2) is 11.3. The lowest BCUT2D eigenvalue weighted by atomic mass is 9.63. The molecule has 0 saturated heterocycles. The Morgan fingerprint density at radius 3 is 1.09 bits per heavy atom. The lowest BCUT2D eigenvalue weighted by Crippen LogP contribution is -2.31. The van der Waals surface area contributed by atoms with Crippen LogP contribution in [0.4, 0.5) is 0 Å². The van der Waals surface area contributed by atoms with Crippen molar-refractivity contribution in [3.8, 4) is 33.8 Å². The van der Waals surface area contributed by atoms with E-state index in [-0.39, 0.29) is 11.5 Å². The van der Waals surface area contributed by atoms with Gasteiger partial charge in [0.25, 0.3) is 0 Å². The van der Waals surface area contributed by atoms with Gasteiger partial charge in [-0.1, -0.05) is 133 Å². The number of aryl methyl sites for hydroxylation is 2. The van der Waals surface area contributed by atoms with Crippen molar-refractivity contribution in [1.82, 2.24) is 0 Å². The van der Waals surface area contributed by atoms with Gasteiger partial charge < -0.3 is 10.2 Å². The van der Waals surface area contributed by atoms with Crippen LogP contribution in [-0.4, -0.2) is 10.2 Å². The predicted octanol–water partition coefficient (Wildman–Crippen LogP) is 10.0. The molecular formula is C41H36O2. The number of phenols is 2. The SMILES string of the molecule is Cc1ccccc1-c1ccc(C(c2ccccc2)(c2ccccc2)c2ccc(-c3ccccc3C)c(C)c2O)c(O)c1C. The van der Waals surface area contributed by atoms with Crippen LogP contribution >= 0.6 is 0 Å². The van der Waals surface area contributed by atoms with Crippen LogP contribution in [0.15, 0.2) is 133 Å². The Kier molecular flexibility index (Phi) is 7.38. The summed E-state index contributed by atoms with van der Waals surface area (Å²) in [7, 11) is 0. The van der Waals surface area contributed by atoms with E-state index in [1.165, 1.54) is 0 Å². The van der Waals surface area contributed by atoms with E-state index in [0.29, 0.717) is 0 Å². The van der Waals surface area contributed by atoms with E-state index in [0.717, 1.165) is 66.8 Å². The van der Waals surface area contributed by atoms with Gasteiger partial charge in [0.05, 0.1) is 5.41 Å². The van der Waals surface area contributed by atoms with Crippen LogP contribution in [0.5, 0.6) is 11.5 Å². The molecule has 0 aliphatic rings. The molecule has 0 radical (unpaired) electrons. The molecule has 0 heterocycles. The molecule has 0 unspecified atom stereocenters. The molecule has 0 amide bonds. The maximum atomic E-state index is 12.2. The fourth-order valence-electron chi connectivity index (χ4n) is 6.65. The summed E-state index contributed by atoms with van der Waals surface area (Å²) in [6.45, 7) is 8.14. The van der Waals surface area contributed by atoms with Crippen molar-refractivity contribution in [2.24, 2.45) is 0 Å². The van der Waals surface area contributed by atoms with Gasteiger partial charge in [-0.05, 0) is 83.3 Å². The quantitative estimate of drug-likeness (QED) is 0.199. The van der Waals surface area contributed by atoms with Crippen LogP contribution in [0.1, 0.15) is 44.5 Å². The molecule has 212 valence electrons. The lowest BCUT2D eigenvalue weighted by Gasteiger charge is -2.38. The van der Waals surface area contributed by atoms with Crippen LogP contribution in [0, 0.1) is 27.7 Å². The summed E-state index contributed by atoms with van der Waals surface area (Å²) < 4.78 is 0. The monoisotopic (exact) mass is 560 g/mol. The minimum Gasteiger partial charge on any atom is -0.507 e. The molecule has 2 N–H and O–H groups in total. The number of rotatable bonds is 6. The Labute approximate surface area is 254 Å². The maximum absolute atomic E-state index is 12.2. The smallest absolute Gasteiger partial charge is 0.123 e. The van der Waals surface area contributed by atoms with Gasteiger partial charge in [0.2, 0.25) is 0 Å². The molecule has 6 aromatic rings. The molecule has 0 fully saturated rings. The highest BCUT2D eigenvalue weighted by Crippen LogP contribution is 2.53. The minimum atomic E-state index is -0.999. The molecular weight excluding hydrogens is 524 g/mol. The highest BCUT2D eigenvalue weighted by molar-refractivity contribution is 5.79. The van der Waals surface area contributed by atoms with E-state index in [2.05, 4.69) is 74.5 Å². The summed E-state index contributed by atoms with van der Waals surface area (Å²) in [5.41, 5.74) is 10.4. The number of aromatic hydroxyl groups is 2. The largest absolute Gasteiger partial charge is 0.507 e. The third-order valence-corrected chi connectivity index (χ3v) is 8.95. The summed E-state index contributed by atoms with van der Waals surface area (Å²) in [5.74, 6) is 0.432. The molecule has 0 spiro atoms. The molecule has 6 aromatic carbocycles. The Morgan fingerprint density at radius 2 is 0.721 bits per heavy atom. The van der Waals surface area contributed by atoms with Gasteiger partial charge in [-0.25, -0.2) is 0 Å². The van der Waals surface area contributed by atoms with Crippen molar-refractivity contribution in [3.05, 3.63) is 178 Å². The van der Waals surface area contributed by atoms with Gasteiger partial charge in [0, 0.05) is 11.1 Å². The van der Waals surface area contributed by atoms with Crippen LogP contribution in [0.3, 0.4) is 0 Å². The molecule has 0 aliphatic heterocycles. The molecule has 43 heavy (non-hydrogen) atoms. The summed E-state index contributed by atoms with van der Waals surface area (Å²) in [6.07, 6.45) is 0. The number of phenolic OH excluding ortho intramolecular Hbond substituents is 2. The summed E-state index contributed by atoms with van der Waals surface area (Å²) in [6, 6.07) is 45.2. The average Bonchev–Trinajstić information content (AvgIpc) is 3.03. The van der Waals surface area contributed by atoms with E-state index >= 15 is 0 Å². The maximum Gasteiger partial charge on any atom is 0.123 e. The first-order valence-corrected chi connectivity index (χ1v) is 14.7. The molecule has 6 rings (SSSR count). The lowest BCUT2D eigenvalue weighted by molar-refractivity contribution is 0.443. The minimum absolute atomic E-state index is 0.216. The fourth-order valence-corrected chi connectivity index (χ4v) is 6.65. The van der Waals surface area contributed by atoms with Crippen molar-refractivity contribution >= 4 is 0 Å². The van der Waals surface area contributed by atoms with Crippen LogP contribution in [0.2, 0.25) is 0 Å². The van der Waals surface area contributed by atoms with Crippen molar-refractivity contribution in [1.29, 1.82) is 0 Å². The van der Waals surface area contributed by atoms with Crippen molar-refractivity contribution in [2.45, 2.75) is 33.1 Å². The predicted molar refractivity (Wildman–Crippen MR) is 178 cm³/mol. The molecule has 0 aliphatic carbocycles.